The third kappa shape index (κ3) is 3.28. The number of hydrogen-bond donors (Lipinski definition) is 1. The van der Waals surface area contributed by atoms with Crippen LogP contribution < -0.4 is 5.73 Å². The number of aromatic nitrogens is 1. The fraction of sp³-hybridized carbons (Fsp3) is 0.615. The van der Waals surface area contributed by atoms with Gasteiger partial charge in [-0.2, -0.15) is 0 Å². The molecule has 0 radical (unpaired) electrons. The van der Waals surface area contributed by atoms with E-state index in [-0.39, 0.29) is 11.8 Å². The van der Waals surface area contributed by atoms with Crippen LogP contribution in [0.2, 0.25) is 0 Å². The lowest BCUT2D eigenvalue weighted by Gasteiger charge is -2.32. The molecule has 0 saturated carbocycles. The molecule has 2 rings (SSSR count). The molecule has 20 heavy (non-hydrogen) atoms. The van der Waals surface area contributed by atoms with Crippen LogP contribution in [0.4, 0.5) is 4.79 Å². The number of nitrogens with two attached hydrogens (primary N) is 1. The van der Waals surface area contributed by atoms with E-state index >= 15 is 0 Å². The smallest absolute Gasteiger partial charge is 0.314 e. The van der Waals surface area contributed by atoms with Crippen molar-refractivity contribution in [1.29, 1.82) is 0 Å². The molecule has 2 heterocycles. The van der Waals surface area contributed by atoms with Gasteiger partial charge in [-0.15, -0.1) is 0 Å². The van der Waals surface area contributed by atoms with E-state index in [1.807, 2.05) is 6.92 Å². The summed E-state index contributed by atoms with van der Waals surface area (Å²) in [5.41, 5.74) is 5.99. The average molecular weight is 280 g/mol. The first kappa shape index (κ1) is 14.4. The molecule has 1 atom stereocenters. The van der Waals surface area contributed by atoms with Gasteiger partial charge >= 0.3 is 6.03 Å². The summed E-state index contributed by atoms with van der Waals surface area (Å²) in [6.07, 6.45) is 1.58. The van der Waals surface area contributed by atoms with Gasteiger partial charge in [0.1, 0.15) is 11.5 Å². The van der Waals surface area contributed by atoms with Crippen LogP contribution >= 0.6 is 0 Å². The van der Waals surface area contributed by atoms with Crippen molar-refractivity contribution in [3.63, 3.8) is 0 Å². The first-order chi connectivity index (χ1) is 9.47. The SMILES string of the molecule is Cc1cc(CN(C)C(=O)[C@@H]2CCCN(C(N)=O)C2)no1. The summed E-state index contributed by atoms with van der Waals surface area (Å²) in [6, 6.07) is 1.35. The van der Waals surface area contributed by atoms with E-state index in [9.17, 15) is 9.59 Å². The van der Waals surface area contributed by atoms with Crippen LogP contribution in [0.3, 0.4) is 0 Å². The van der Waals surface area contributed by atoms with Crippen LogP contribution in [-0.2, 0) is 11.3 Å². The molecule has 1 aliphatic heterocycles. The van der Waals surface area contributed by atoms with Crippen molar-refractivity contribution in [2.24, 2.45) is 11.7 Å². The Labute approximate surface area is 117 Å². The Bertz CT molecular complexity index is 500. The van der Waals surface area contributed by atoms with Gasteiger partial charge in [-0.3, -0.25) is 4.79 Å². The zero-order valence-electron chi connectivity index (χ0n) is 11.8. The topological polar surface area (TPSA) is 92.7 Å². The molecule has 7 heteroatoms. The lowest BCUT2D eigenvalue weighted by Crippen LogP contribution is -2.47. The Balaban J connectivity index is 1.94. The molecule has 110 valence electrons. The second-order valence-corrected chi connectivity index (χ2v) is 5.25. The van der Waals surface area contributed by atoms with E-state index in [4.69, 9.17) is 10.3 Å². The fourth-order valence-corrected chi connectivity index (χ4v) is 2.50. The zero-order valence-corrected chi connectivity index (χ0v) is 11.8. The number of hydrogen-bond acceptors (Lipinski definition) is 4. The Morgan fingerprint density at radius 3 is 2.95 bits per heavy atom. The van der Waals surface area contributed by atoms with Crippen molar-refractivity contribution in [3.05, 3.63) is 17.5 Å². The summed E-state index contributed by atoms with van der Waals surface area (Å²) in [6.45, 7) is 3.25. The number of piperidine rings is 1. The molecule has 7 nitrogen and oxygen atoms in total. The van der Waals surface area contributed by atoms with Gasteiger partial charge < -0.3 is 20.1 Å². The summed E-state index contributed by atoms with van der Waals surface area (Å²) in [4.78, 5) is 26.7. The number of carbonyl (C=O) groups excluding carboxylic acids is 2. The molecule has 0 unspecified atom stereocenters. The van der Waals surface area contributed by atoms with Gasteiger partial charge in [-0.1, -0.05) is 5.16 Å². The molecule has 1 aromatic rings. The van der Waals surface area contributed by atoms with E-state index < -0.39 is 6.03 Å². The second kappa shape index (κ2) is 5.94. The highest BCUT2D eigenvalue weighted by Gasteiger charge is 2.29. The highest BCUT2D eigenvalue weighted by atomic mass is 16.5. The molecule has 0 aliphatic carbocycles. The molecule has 1 fully saturated rings. The van der Waals surface area contributed by atoms with Crippen molar-refractivity contribution in [2.45, 2.75) is 26.3 Å². The maximum Gasteiger partial charge on any atom is 0.314 e. The summed E-state index contributed by atoms with van der Waals surface area (Å²) < 4.78 is 4.98. The van der Waals surface area contributed by atoms with Crippen molar-refractivity contribution >= 4 is 11.9 Å². The van der Waals surface area contributed by atoms with Crippen LogP contribution in [0, 0.1) is 12.8 Å². The van der Waals surface area contributed by atoms with Gasteiger partial charge in [0.15, 0.2) is 0 Å². The molecule has 0 aromatic carbocycles. The van der Waals surface area contributed by atoms with E-state index in [1.165, 1.54) is 4.90 Å². The van der Waals surface area contributed by atoms with E-state index in [0.717, 1.165) is 24.3 Å². The Kier molecular flexibility index (Phi) is 4.26. The largest absolute Gasteiger partial charge is 0.361 e. The Morgan fingerprint density at radius 1 is 1.60 bits per heavy atom. The number of primary amides is 1. The number of aryl methyl sites for hydroxylation is 1. The quantitative estimate of drug-likeness (QED) is 0.883. The normalized spacial score (nSPS) is 18.9. The van der Waals surface area contributed by atoms with Crippen LogP contribution in [0.5, 0.6) is 0 Å². The minimum Gasteiger partial charge on any atom is -0.361 e. The zero-order chi connectivity index (χ0) is 14.7. The highest BCUT2D eigenvalue weighted by Crippen LogP contribution is 2.19. The standard InChI is InChI=1S/C13H20N4O3/c1-9-6-11(15-20-9)8-16(2)12(18)10-4-3-5-17(7-10)13(14)19/h6,10H,3-5,7-8H2,1-2H3,(H2,14,19)/t10-/m1/s1. The lowest BCUT2D eigenvalue weighted by molar-refractivity contribution is -0.136. The third-order valence-corrected chi connectivity index (χ3v) is 3.53. The van der Waals surface area contributed by atoms with E-state index in [2.05, 4.69) is 5.16 Å². The van der Waals surface area contributed by atoms with Crippen molar-refractivity contribution < 1.29 is 14.1 Å². The van der Waals surface area contributed by atoms with Crippen molar-refractivity contribution in [2.75, 3.05) is 20.1 Å². The second-order valence-electron chi connectivity index (χ2n) is 5.25. The number of urea groups is 1. The van der Waals surface area contributed by atoms with Crippen LogP contribution in [0.25, 0.3) is 0 Å². The Hall–Kier alpha value is -2.05. The average Bonchev–Trinajstić information content (AvgIpc) is 2.83. The van der Waals surface area contributed by atoms with Crippen LogP contribution in [0.1, 0.15) is 24.3 Å². The molecule has 0 spiro atoms. The predicted octanol–water partition coefficient (Wildman–Crippen LogP) is 0.732. The number of amides is 3. The summed E-state index contributed by atoms with van der Waals surface area (Å²) >= 11 is 0. The van der Waals surface area contributed by atoms with Crippen molar-refractivity contribution in [3.8, 4) is 0 Å². The lowest BCUT2D eigenvalue weighted by atomic mass is 9.97. The molecule has 3 amide bonds. The van der Waals surface area contributed by atoms with Gasteiger partial charge in [0.25, 0.3) is 0 Å². The predicted molar refractivity (Wildman–Crippen MR) is 71.6 cm³/mol. The molecule has 1 aromatic heterocycles. The summed E-state index contributed by atoms with van der Waals surface area (Å²) in [5, 5.41) is 3.87. The molecular formula is C13H20N4O3. The molecule has 2 N–H and O–H groups in total. The number of carbonyl (C=O) groups is 2. The minimum atomic E-state index is -0.461. The monoisotopic (exact) mass is 280 g/mol. The minimum absolute atomic E-state index is 0.0107. The first-order valence-corrected chi connectivity index (χ1v) is 6.69. The highest BCUT2D eigenvalue weighted by molar-refractivity contribution is 5.80. The maximum atomic E-state index is 12.4. The van der Waals surface area contributed by atoms with E-state index in [0.29, 0.717) is 19.6 Å². The first-order valence-electron chi connectivity index (χ1n) is 6.69. The molecule has 1 aliphatic rings. The van der Waals surface area contributed by atoms with Gasteiger partial charge in [-0.05, 0) is 19.8 Å². The van der Waals surface area contributed by atoms with Gasteiger partial charge in [-0.25, -0.2) is 4.79 Å². The summed E-state index contributed by atoms with van der Waals surface area (Å²) in [7, 11) is 1.73. The molecule has 1 saturated heterocycles. The number of likely N-dealkylation sites (tertiary alicyclic amines) is 1. The summed E-state index contributed by atoms with van der Waals surface area (Å²) in [5.74, 6) is 0.546. The number of nitrogens with zero attached hydrogens (tertiary/aromatic N) is 3. The third-order valence-electron chi connectivity index (χ3n) is 3.53. The van der Waals surface area contributed by atoms with Gasteiger partial charge in [0, 0.05) is 26.2 Å². The maximum absolute atomic E-state index is 12.4. The van der Waals surface area contributed by atoms with Crippen LogP contribution in [0.15, 0.2) is 10.6 Å². The van der Waals surface area contributed by atoms with Gasteiger partial charge in [0.05, 0.1) is 12.5 Å². The molecular weight excluding hydrogens is 260 g/mol. The van der Waals surface area contributed by atoms with Crippen molar-refractivity contribution in [1.82, 2.24) is 15.0 Å². The van der Waals surface area contributed by atoms with E-state index in [1.54, 1.807) is 18.0 Å². The number of rotatable bonds is 3. The molecule has 0 bridgehead atoms. The van der Waals surface area contributed by atoms with Gasteiger partial charge in [0.2, 0.25) is 5.91 Å². The fourth-order valence-electron chi connectivity index (χ4n) is 2.50. The van der Waals surface area contributed by atoms with Crippen LogP contribution in [-0.4, -0.2) is 47.0 Å². The Morgan fingerprint density at radius 2 is 2.35 bits per heavy atom.